The van der Waals surface area contributed by atoms with Crippen LogP contribution >= 0.6 is 11.6 Å². The quantitative estimate of drug-likeness (QED) is 0.549. The number of benzene rings is 3. The molecule has 3 rings (SSSR count). The second kappa shape index (κ2) is 9.49. The minimum Gasteiger partial charge on any atom is -0.352 e. The number of hydrogen-bond donors (Lipinski definition) is 1. The van der Waals surface area contributed by atoms with E-state index in [9.17, 15) is 13.2 Å². The summed E-state index contributed by atoms with van der Waals surface area (Å²) >= 11 is 6.05. The van der Waals surface area contributed by atoms with Crippen LogP contribution in [0.1, 0.15) is 24.0 Å². The Labute approximate surface area is 182 Å². The van der Waals surface area contributed by atoms with Gasteiger partial charge in [-0.2, -0.15) is 0 Å². The van der Waals surface area contributed by atoms with Crippen LogP contribution in [-0.2, 0) is 21.4 Å². The number of halogens is 1. The molecule has 1 N–H and O–H groups in total. The van der Waals surface area contributed by atoms with Gasteiger partial charge in [0.25, 0.3) is 0 Å². The molecule has 5 nitrogen and oxygen atoms in total. The number of anilines is 1. The number of nitrogens with zero attached hydrogens (tertiary/aromatic N) is 1. The van der Waals surface area contributed by atoms with Crippen molar-refractivity contribution in [1.29, 1.82) is 0 Å². The minimum absolute atomic E-state index is 0.112. The van der Waals surface area contributed by atoms with E-state index < -0.39 is 10.0 Å². The number of fused-ring (bicyclic) bond motifs is 1. The Balaban J connectivity index is 1.60. The third kappa shape index (κ3) is 5.52. The van der Waals surface area contributed by atoms with Crippen molar-refractivity contribution in [3.05, 3.63) is 76.8 Å². The van der Waals surface area contributed by atoms with Crippen molar-refractivity contribution >= 4 is 44.0 Å². The first-order chi connectivity index (χ1) is 14.3. The van der Waals surface area contributed by atoms with Gasteiger partial charge in [-0.3, -0.25) is 9.10 Å². The van der Waals surface area contributed by atoms with E-state index in [0.29, 0.717) is 23.7 Å². The Hall–Kier alpha value is -2.57. The van der Waals surface area contributed by atoms with Gasteiger partial charge in [-0.15, -0.1) is 0 Å². The van der Waals surface area contributed by atoms with Gasteiger partial charge in [0, 0.05) is 24.5 Å². The maximum absolute atomic E-state index is 12.3. The zero-order chi connectivity index (χ0) is 21.7. The molecule has 0 atom stereocenters. The Morgan fingerprint density at radius 2 is 1.80 bits per heavy atom. The molecule has 0 heterocycles. The van der Waals surface area contributed by atoms with Crippen LogP contribution in [-0.4, -0.2) is 27.1 Å². The zero-order valence-corrected chi connectivity index (χ0v) is 18.6. The normalized spacial score (nSPS) is 11.4. The minimum atomic E-state index is -3.49. The molecule has 0 aliphatic carbocycles. The number of rotatable bonds is 8. The van der Waals surface area contributed by atoms with Crippen molar-refractivity contribution in [3.8, 4) is 0 Å². The van der Waals surface area contributed by atoms with Crippen LogP contribution in [0.5, 0.6) is 0 Å². The molecule has 0 spiro atoms. The fraction of sp³-hybridized carbons (Fsp3) is 0.261. The van der Waals surface area contributed by atoms with Crippen LogP contribution in [0.15, 0.2) is 60.7 Å². The molecular formula is C23H25ClN2O3S. The summed E-state index contributed by atoms with van der Waals surface area (Å²) in [6, 6.07) is 19.2. The van der Waals surface area contributed by atoms with Crippen molar-refractivity contribution in [1.82, 2.24) is 5.32 Å². The first-order valence-electron chi connectivity index (χ1n) is 9.73. The lowest BCUT2D eigenvalue weighted by Crippen LogP contribution is -2.32. The molecule has 0 saturated heterocycles. The molecule has 7 heteroatoms. The van der Waals surface area contributed by atoms with E-state index in [1.54, 1.807) is 18.2 Å². The van der Waals surface area contributed by atoms with Crippen molar-refractivity contribution in [2.45, 2.75) is 26.3 Å². The van der Waals surface area contributed by atoms with Gasteiger partial charge in [0.2, 0.25) is 15.9 Å². The Kier molecular flexibility index (Phi) is 7.00. The van der Waals surface area contributed by atoms with Crippen LogP contribution in [0, 0.1) is 6.92 Å². The zero-order valence-electron chi connectivity index (χ0n) is 17.1. The largest absolute Gasteiger partial charge is 0.352 e. The number of carbonyl (C=O) groups excluding carboxylic acids is 1. The SMILES string of the molecule is Cc1ccc(Cl)cc1N(CCCC(=O)NCc1cccc2ccccc12)S(C)(=O)=O. The Morgan fingerprint density at radius 3 is 2.57 bits per heavy atom. The second-order valence-electron chi connectivity index (χ2n) is 7.28. The molecular weight excluding hydrogens is 420 g/mol. The molecule has 1 amide bonds. The molecule has 3 aromatic rings. The molecule has 0 aliphatic rings. The lowest BCUT2D eigenvalue weighted by Gasteiger charge is -2.24. The summed E-state index contributed by atoms with van der Waals surface area (Å²) in [4.78, 5) is 12.3. The van der Waals surface area contributed by atoms with E-state index >= 15 is 0 Å². The van der Waals surface area contributed by atoms with Gasteiger partial charge in [0.15, 0.2) is 0 Å². The molecule has 0 aliphatic heterocycles. The fourth-order valence-electron chi connectivity index (χ4n) is 3.43. The monoisotopic (exact) mass is 444 g/mol. The van der Waals surface area contributed by atoms with E-state index in [-0.39, 0.29) is 18.9 Å². The highest BCUT2D eigenvalue weighted by molar-refractivity contribution is 7.92. The van der Waals surface area contributed by atoms with E-state index in [1.165, 1.54) is 4.31 Å². The lowest BCUT2D eigenvalue weighted by molar-refractivity contribution is -0.121. The molecule has 30 heavy (non-hydrogen) atoms. The average Bonchev–Trinajstić information content (AvgIpc) is 2.71. The van der Waals surface area contributed by atoms with E-state index in [4.69, 9.17) is 11.6 Å². The molecule has 0 fully saturated rings. The first-order valence-corrected chi connectivity index (χ1v) is 12.0. The van der Waals surface area contributed by atoms with Gasteiger partial charge in [-0.05, 0) is 47.4 Å². The summed E-state index contributed by atoms with van der Waals surface area (Å²) < 4.78 is 25.9. The average molecular weight is 445 g/mol. The van der Waals surface area contributed by atoms with Gasteiger partial charge >= 0.3 is 0 Å². The van der Waals surface area contributed by atoms with Crippen molar-refractivity contribution in [3.63, 3.8) is 0 Å². The molecule has 0 bridgehead atoms. The fourth-order valence-corrected chi connectivity index (χ4v) is 4.61. The topological polar surface area (TPSA) is 66.5 Å². The molecule has 0 unspecified atom stereocenters. The maximum atomic E-state index is 12.3. The van der Waals surface area contributed by atoms with Gasteiger partial charge in [0.05, 0.1) is 11.9 Å². The number of nitrogens with one attached hydrogen (secondary N) is 1. The number of hydrogen-bond acceptors (Lipinski definition) is 3. The highest BCUT2D eigenvalue weighted by Crippen LogP contribution is 2.26. The van der Waals surface area contributed by atoms with Crippen LogP contribution in [0.25, 0.3) is 10.8 Å². The summed E-state index contributed by atoms with van der Waals surface area (Å²) in [7, 11) is -3.49. The smallest absolute Gasteiger partial charge is 0.232 e. The summed E-state index contributed by atoms with van der Waals surface area (Å²) in [6.07, 6.45) is 1.80. The third-order valence-corrected chi connectivity index (χ3v) is 6.38. The Bertz CT molecular complexity index is 1160. The van der Waals surface area contributed by atoms with Gasteiger partial charge in [-0.25, -0.2) is 8.42 Å². The van der Waals surface area contributed by atoms with E-state index in [1.807, 2.05) is 49.4 Å². The number of amides is 1. The van der Waals surface area contributed by atoms with Gasteiger partial charge in [-0.1, -0.05) is 60.1 Å². The van der Waals surface area contributed by atoms with E-state index in [0.717, 1.165) is 28.2 Å². The molecule has 3 aromatic carbocycles. The number of aryl methyl sites for hydroxylation is 1. The highest BCUT2D eigenvalue weighted by Gasteiger charge is 2.19. The Morgan fingerprint density at radius 1 is 1.07 bits per heavy atom. The summed E-state index contributed by atoms with van der Waals surface area (Å²) in [5.74, 6) is -0.112. The third-order valence-electron chi connectivity index (χ3n) is 4.96. The van der Waals surface area contributed by atoms with E-state index in [2.05, 4.69) is 5.32 Å². The summed E-state index contributed by atoms with van der Waals surface area (Å²) in [5.41, 5.74) is 2.40. The second-order valence-corrected chi connectivity index (χ2v) is 9.63. The standard InChI is InChI=1S/C23H25ClN2O3S/c1-17-12-13-20(24)15-22(17)26(30(2,28)29)14-6-11-23(27)25-16-19-9-5-8-18-7-3-4-10-21(18)19/h3-5,7-10,12-13,15H,6,11,14,16H2,1-2H3,(H,25,27). The van der Waals surface area contributed by atoms with Crippen LogP contribution in [0.2, 0.25) is 5.02 Å². The van der Waals surface area contributed by atoms with Crippen molar-refractivity contribution < 1.29 is 13.2 Å². The van der Waals surface area contributed by atoms with Gasteiger partial charge < -0.3 is 5.32 Å². The van der Waals surface area contributed by atoms with Crippen LogP contribution in [0.4, 0.5) is 5.69 Å². The number of carbonyl (C=O) groups is 1. The van der Waals surface area contributed by atoms with Gasteiger partial charge in [0.1, 0.15) is 0 Å². The summed E-state index contributed by atoms with van der Waals surface area (Å²) in [5, 5.41) is 5.65. The predicted octanol–water partition coefficient (Wildman–Crippen LogP) is 4.66. The molecule has 0 radical (unpaired) electrons. The van der Waals surface area contributed by atoms with Crippen molar-refractivity contribution in [2.24, 2.45) is 0 Å². The lowest BCUT2D eigenvalue weighted by atomic mass is 10.0. The first kappa shape index (κ1) is 22.1. The molecule has 0 saturated carbocycles. The highest BCUT2D eigenvalue weighted by atomic mass is 35.5. The maximum Gasteiger partial charge on any atom is 0.232 e. The molecule has 0 aromatic heterocycles. The van der Waals surface area contributed by atoms with Crippen molar-refractivity contribution in [2.75, 3.05) is 17.1 Å². The van der Waals surface area contributed by atoms with Crippen LogP contribution < -0.4 is 9.62 Å². The number of sulfonamides is 1. The summed E-state index contributed by atoms with van der Waals surface area (Å²) in [6.45, 7) is 2.48. The molecule has 158 valence electrons. The predicted molar refractivity (Wildman–Crippen MR) is 123 cm³/mol. The van der Waals surface area contributed by atoms with Crippen LogP contribution in [0.3, 0.4) is 0 Å².